The maximum absolute atomic E-state index is 11.7. The van der Waals surface area contributed by atoms with Gasteiger partial charge in [-0.2, -0.15) is 10.4 Å². The predicted molar refractivity (Wildman–Crippen MR) is 81.8 cm³/mol. The number of carbonyl (C=O) groups excluding carboxylic acids is 1. The number of carbonyl (C=O) groups is 1. The largest absolute Gasteiger partial charge is 0.465 e. The van der Waals surface area contributed by atoms with Gasteiger partial charge in [0.2, 0.25) is 5.71 Å². The lowest BCUT2D eigenvalue weighted by atomic mass is 10.2. The van der Waals surface area contributed by atoms with Crippen LogP contribution in [0.3, 0.4) is 0 Å². The van der Waals surface area contributed by atoms with Crippen molar-refractivity contribution in [1.29, 1.82) is 10.7 Å². The van der Waals surface area contributed by atoms with E-state index in [1.807, 2.05) is 0 Å². The van der Waals surface area contributed by atoms with Gasteiger partial charge in [-0.3, -0.25) is 10.8 Å². The van der Waals surface area contributed by atoms with Crippen LogP contribution in [0.2, 0.25) is 0 Å². The van der Waals surface area contributed by atoms with E-state index in [9.17, 15) is 4.79 Å². The summed E-state index contributed by atoms with van der Waals surface area (Å²) in [7, 11) is 1.25. The van der Waals surface area contributed by atoms with E-state index in [2.05, 4.69) is 47.1 Å². The van der Waals surface area contributed by atoms with Crippen molar-refractivity contribution in [2.75, 3.05) is 12.5 Å². The number of esters is 1. The zero-order valence-electron chi connectivity index (χ0n) is 10.2. The molecule has 104 valence electrons. The molecule has 1 rings (SSSR count). The fourth-order valence-corrected chi connectivity index (χ4v) is 2.53. The molecule has 0 aliphatic heterocycles. The molecule has 0 radical (unpaired) electrons. The quantitative estimate of drug-likeness (QED) is 0.308. The van der Waals surface area contributed by atoms with Crippen molar-refractivity contribution in [1.82, 2.24) is 0 Å². The number of hydrazone groups is 1. The van der Waals surface area contributed by atoms with Crippen LogP contribution in [0.1, 0.15) is 10.4 Å². The number of nitrogens with two attached hydrogens (primary N) is 1. The number of rotatable bonds is 4. The third-order valence-corrected chi connectivity index (χ3v) is 3.18. The molecule has 0 unspecified atom stereocenters. The van der Waals surface area contributed by atoms with Crippen molar-refractivity contribution in [3.63, 3.8) is 0 Å². The number of benzene rings is 1. The molecule has 20 heavy (non-hydrogen) atoms. The van der Waals surface area contributed by atoms with Crippen LogP contribution < -0.4 is 11.2 Å². The summed E-state index contributed by atoms with van der Waals surface area (Å²) in [4.78, 5) is 11.7. The highest BCUT2D eigenvalue weighted by molar-refractivity contribution is 9.11. The molecule has 0 atom stereocenters. The summed E-state index contributed by atoms with van der Waals surface area (Å²) in [6, 6.07) is 4.88. The van der Waals surface area contributed by atoms with Gasteiger partial charge >= 0.3 is 5.97 Å². The molecule has 0 amide bonds. The molecule has 0 saturated heterocycles. The third kappa shape index (κ3) is 3.79. The fraction of sp³-hybridized carbons (Fsp3) is 0.0909. The Morgan fingerprint density at radius 1 is 1.55 bits per heavy atom. The monoisotopic (exact) mass is 401 g/mol. The summed E-state index contributed by atoms with van der Waals surface area (Å²) in [6.07, 6.45) is 0. The van der Waals surface area contributed by atoms with Gasteiger partial charge in [0.05, 0.1) is 18.4 Å². The van der Waals surface area contributed by atoms with Crippen molar-refractivity contribution in [3.8, 4) is 6.07 Å². The van der Waals surface area contributed by atoms with Gasteiger partial charge in [-0.05, 0) is 28.1 Å². The van der Waals surface area contributed by atoms with E-state index in [0.717, 1.165) is 0 Å². The van der Waals surface area contributed by atoms with E-state index in [0.29, 0.717) is 14.6 Å². The SMILES string of the molecule is COC(=O)c1cc(Br)cc(Br)c1N/N=C(\C#N)C(=N)N. The Hall–Kier alpha value is -1.92. The van der Waals surface area contributed by atoms with Crippen molar-refractivity contribution in [2.24, 2.45) is 10.8 Å². The molecule has 0 fully saturated rings. The first-order valence-electron chi connectivity index (χ1n) is 5.06. The minimum atomic E-state index is -0.578. The predicted octanol–water partition coefficient (Wildman–Crippen LogP) is 2.23. The van der Waals surface area contributed by atoms with Crippen LogP contribution in [0.5, 0.6) is 0 Å². The number of ether oxygens (including phenoxy) is 1. The second-order valence-corrected chi connectivity index (χ2v) is 5.17. The molecule has 0 saturated carbocycles. The number of nitriles is 1. The first-order chi connectivity index (χ1) is 9.40. The lowest BCUT2D eigenvalue weighted by Crippen LogP contribution is -2.22. The van der Waals surface area contributed by atoms with Crippen molar-refractivity contribution >= 4 is 55.1 Å². The summed E-state index contributed by atoms with van der Waals surface area (Å²) < 4.78 is 5.85. The highest BCUT2D eigenvalue weighted by atomic mass is 79.9. The lowest BCUT2D eigenvalue weighted by Gasteiger charge is -2.10. The van der Waals surface area contributed by atoms with Crippen LogP contribution in [0.25, 0.3) is 0 Å². The maximum Gasteiger partial charge on any atom is 0.340 e. The summed E-state index contributed by atoms with van der Waals surface area (Å²) in [5, 5.41) is 19.6. The van der Waals surface area contributed by atoms with Gasteiger partial charge in [-0.25, -0.2) is 4.79 Å². The normalized spacial score (nSPS) is 10.6. The number of nitrogens with one attached hydrogen (secondary N) is 2. The molecule has 0 aliphatic rings. The van der Waals surface area contributed by atoms with Crippen molar-refractivity contribution in [3.05, 3.63) is 26.6 Å². The average molecular weight is 403 g/mol. The third-order valence-electron chi connectivity index (χ3n) is 2.10. The van der Waals surface area contributed by atoms with Crippen molar-refractivity contribution in [2.45, 2.75) is 0 Å². The zero-order valence-corrected chi connectivity index (χ0v) is 13.4. The molecule has 0 aliphatic carbocycles. The first-order valence-corrected chi connectivity index (χ1v) is 6.64. The second-order valence-electron chi connectivity index (χ2n) is 3.40. The smallest absolute Gasteiger partial charge is 0.340 e. The Morgan fingerprint density at radius 3 is 2.70 bits per heavy atom. The van der Waals surface area contributed by atoms with Gasteiger partial charge in [0, 0.05) is 8.95 Å². The Morgan fingerprint density at radius 2 is 2.20 bits per heavy atom. The molecule has 0 heterocycles. The van der Waals surface area contributed by atoms with E-state index in [1.165, 1.54) is 13.2 Å². The number of nitrogens with zero attached hydrogens (tertiary/aromatic N) is 2. The van der Waals surface area contributed by atoms with Crippen LogP contribution in [0.4, 0.5) is 5.69 Å². The van der Waals surface area contributed by atoms with E-state index >= 15 is 0 Å². The number of methoxy groups -OCH3 is 1. The van der Waals surface area contributed by atoms with Gasteiger partial charge < -0.3 is 10.5 Å². The maximum atomic E-state index is 11.7. The molecule has 1 aromatic carbocycles. The number of halogens is 2. The number of hydrogen-bond donors (Lipinski definition) is 3. The summed E-state index contributed by atoms with van der Waals surface area (Å²) in [6.45, 7) is 0. The first kappa shape index (κ1) is 16.1. The molecule has 7 nitrogen and oxygen atoms in total. The second kappa shape index (κ2) is 7.02. The lowest BCUT2D eigenvalue weighted by molar-refractivity contribution is 0.0601. The van der Waals surface area contributed by atoms with E-state index in [1.54, 1.807) is 12.1 Å². The Balaban J connectivity index is 3.28. The molecular formula is C11H9Br2N5O2. The highest BCUT2D eigenvalue weighted by Crippen LogP contribution is 2.31. The topological polar surface area (TPSA) is 124 Å². The van der Waals surface area contributed by atoms with Crippen LogP contribution in [-0.2, 0) is 4.74 Å². The highest BCUT2D eigenvalue weighted by Gasteiger charge is 2.16. The van der Waals surface area contributed by atoms with E-state index in [4.69, 9.17) is 16.4 Å². The van der Waals surface area contributed by atoms with Gasteiger partial charge in [0.1, 0.15) is 6.07 Å². The summed E-state index contributed by atoms with van der Waals surface area (Å²) >= 11 is 6.52. The number of amidine groups is 1. The Kier molecular flexibility index (Phi) is 5.66. The van der Waals surface area contributed by atoms with Crippen LogP contribution >= 0.6 is 31.9 Å². The fourth-order valence-electron chi connectivity index (χ4n) is 1.22. The molecule has 0 spiro atoms. The van der Waals surface area contributed by atoms with Gasteiger partial charge in [0.25, 0.3) is 0 Å². The summed E-state index contributed by atoms with van der Waals surface area (Å²) in [5.74, 6) is -1.06. The van der Waals surface area contributed by atoms with Crippen LogP contribution in [0, 0.1) is 16.7 Å². The van der Waals surface area contributed by atoms with Crippen molar-refractivity contribution < 1.29 is 9.53 Å². The standard InChI is InChI=1S/C11H9Br2N5O2/c1-20-11(19)6-2-5(12)3-7(13)9(6)18-17-8(4-14)10(15)16/h2-3,18H,1H3,(H3,15,16)/b17-8+. The molecule has 1 aromatic rings. The number of hydrogen-bond acceptors (Lipinski definition) is 6. The zero-order chi connectivity index (χ0) is 15.3. The summed E-state index contributed by atoms with van der Waals surface area (Å²) in [5.41, 5.74) is 7.92. The molecule has 9 heteroatoms. The average Bonchev–Trinajstić information content (AvgIpc) is 2.39. The van der Waals surface area contributed by atoms with Gasteiger partial charge in [-0.1, -0.05) is 15.9 Å². The molecule has 4 N–H and O–H groups in total. The molecule has 0 aromatic heterocycles. The minimum Gasteiger partial charge on any atom is -0.465 e. The molecular weight excluding hydrogens is 394 g/mol. The Labute approximate surface area is 131 Å². The van der Waals surface area contributed by atoms with Crippen LogP contribution in [-0.4, -0.2) is 24.6 Å². The Bertz CT molecular complexity index is 636. The van der Waals surface area contributed by atoms with Gasteiger partial charge in [-0.15, -0.1) is 0 Å². The minimum absolute atomic E-state index is 0.207. The van der Waals surface area contributed by atoms with Gasteiger partial charge in [0.15, 0.2) is 5.84 Å². The van der Waals surface area contributed by atoms with E-state index < -0.39 is 11.8 Å². The number of anilines is 1. The molecule has 0 bridgehead atoms. The van der Waals surface area contributed by atoms with E-state index in [-0.39, 0.29) is 11.3 Å². The van der Waals surface area contributed by atoms with Crippen LogP contribution in [0.15, 0.2) is 26.2 Å².